The topological polar surface area (TPSA) is 95.9 Å². The largest absolute Gasteiger partial charge is 0.495 e. The summed E-state index contributed by atoms with van der Waals surface area (Å²) in [6.45, 7) is 1.51. The third-order valence-corrected chi connectivity index (χ3v) is 4.96. The number of ether oxygens (including phenoxy) is 1. The van der Waals surface area contributed by atoms with Crippen LogP contribution in [0.25, 0.3) is 0 Å². The number of nitrogens with one attached hydrogen (secondary N) is 1. The highest BCUT2D eigenvalue weighted by Gasteiger charge is 2.21. The van der Waals surface area contributed by atoms with Crippen LogP contribution < -0.4 is 10.1 Å². The molecule has 1 heterocycles. The van der Waals surface area contributed by atoms with E-state index in [0.29, 0.717) is 23.4 Å². The van der Waals surface area contributed by atoms with Crippen molar-refractivity contribution < 1.29 is 24.2 Å². The quantitative estimate of drug-likeness (QED) is 0.749. The Labute approximate surface area is 169 Å². The first-order valence-electron chi connectivity index (χ1n) is 9.57. The molecule has 0 atom stereocenters. The molecule has 0 aliphatic carbocycles. The summed E-state index contributed by atoms with van der Waals surface area (Å²) in [6, 6.07) is 11.5. The summed E-state index contributed by atoms with van der Waals surface area (Å²) < 4.78 is 5.31. The van der Waals surface area contributed by atoms with E-state index >= 15 is 0 Å². The number of amides is 2. The molecule has 2 N–H and O–H groups in total. The second kappa shape index (κ2) is 9.23. The number of nitrogens with zero attached hydrogens (tertiary/aromatic N) is 1. The number of hydrogen-bond donors (Lipinski definition) is 2. The van der Waals surface area contributed by atoms with E-state index in [4.69, 9.17) is 9.84 Å². The second-order valence-corrected chi connectivity index (χ2v) is 6.96. The Kier molecular flexibility index (Phi) is 6.49. The minimum absolute atomic E-state index is 0.0424. The lowest BCUT2D eigenvalue weighted by atomic mass is 10.1. The molecule has 0 saturated carbocycles. The Morgan fingerprint density at radius 1 is 1.03 bits per heavy atom. The molecule has 1 aliphatic heterocycles. The summed E-state index contributed by atoms with van der Waals surface area (Å²) in [5.41, 5.74) is 2.06. The van der Waals surface area contributed by atoms with Crippen molar-refractivity contribution in [2.75, 3.05) is 25.5 Å². The molecule has 0 bridgehead atoms. The smallest absolute Gasteiger partial charge is 0.335 e. The molecule has 1 aliphatic rings. The van der Waals surface area contributed by atoms with Gasteiger partial charge in [0.2, 0.25) is 5.91 Å². The molecule has 2 amide bonds. The number of likely N-dealkylation sites (tertiary alicyclic amines) is 1. The zero-order valence-corrected chi connectivity index (χ0v) is 16.3. The predicted molar refractivity (Wildman–Crippen MR) is 108 cm³/mol. The highest BCUT2D eigenvalue weighted by molar-refractivity contribution is 5.98. The van der Waals surface area contributed by atoms with Gasteiger partial charge in [-0.05, 0) is 55.2 Å². The highest BCUT2D eigenvalue weighted by atomic mass is 16.5. The van der Waals surface area contributed by atoms with Gasteiger partial charge in [0, 0.05) is 25.1 Å². The molecule has 0 unspecified atom stereocenters. The molecular weight excluding hydrogens is 372 g/mol. The van der Waals surface area contributed by atoms with Crippen LogP contribution in [-0.2, 0) is 11.2 Å². The van der Waals surface area contributed by atoms with Gasteiger partial charge in [0.05, 0.1) is 18.4 Å². The molecule has 0 spiro atoms. The van der Waals surface area contributed by atoms with Gasteiger partial charge < -0.3 is 20.1 Å². The predicted octanol–water partition coefficient (Wildman–Crippen LogP) is 3.20. The van der Waals surface area contributed by atoms with E-state index in [1.54, 1.807) is 30.3 Å². The molecule has 152 valence electrons. The van der Waals surface area contributed by atoms with Crippen molar-refractivity contribution >= 4 is 23.5 Å². The molecule has 2 aromatic carbocycles. The van der Waals surface area contributed by atoms with Gasteiger partial charge >= 0.3 is 5.97 Å². The second-order valence-electron chi connectivity index (χ2n) is 6.96. The Morgan fingerprint density at radius 3 is 2.31 bits per heavy atom. The van der Waals surface area contributed by atoms with E-state index in [1.807, 2.05) is 4.90 Å². The lowest BCUT2D eigenvalue weighted by Crippen LogP contribution is -2.27. The monoisotopic (exact) mass is 396 g/mol. The van der Waals surface area contributed by atoms with Crippen LogP contribution in [0.1, 0.15) is 45.5 Å². The molecule has 3 rings (SSSR count). The number of aryl methyl sites for hydroxylation is 1. The Morgan fingerprint density at radius 2 is 1.69 bits per heavy atom. The fourth-order valence-corrected chi connectivity index (χ4v) is 3.33. The number of aromatic carboxylic acids is 1. The summed E-state index contributed by atoms with van der Waals surface area (Å²) in [7, 11) is 1.51. The standard InChI is InChI=1S/C22H24N2O5/c1-29-19-10-9-17(21(26)24-12-2-3-13-24)14-18(19)23-20(25)11-6-15-4-7-16(8-5-15)22(27)28/h4-5,7-10,14H,2-3,6,11-13H2,1H3,(H,23,25)(H,27,28). The molecule has 29 heavy (non-hydrogen) atoms. The van der Waals surface area contributed by atoms with Crippen molar-refractivity contribution in [1.29, 1.82) is 0 Å². The van der Waals surface area contributed by atoms with Crippen molar-refractivity contribution in [3.8, 4) is 5.75 Å². The summed E-state index contributed by atoms with van der Waals surface area (Å²) in [4.78, 5) is 37.7. The lowest BCUT2D eigenvalue weighted by Gasteiger charge is -2.17. The van der Waals surface area contributed by atoms with Gasteiger partial charge in [0.15, 0.2) is 0 Å². The first-order valence-corrected chi connectivity index (χ1v) is 9.57. The number of carbonyl (C=O) groups is 3. The SMILES string of the molecule is COc1ccc(C(=O)N2CCCC2)cc1NC(=O)CCc1ccc(C(=O)O)cc1. The van der Waals surface area contributed by atoms with Crippen molar-refractivity contribution in [3.63, 3.8) is 0 Å². The van der Waals surface area contributed by atoms with Crippen LogP contribution in [0.5, 0.6) is 5.75 Å². The lowest BCUT2D eigenvalue weighted by molar-refractivity contribution is -0.116. The first kappa shape index (κ1) is 20.4. The third-order valence-electron chi connectivity index (χ3n) is 4.96. The van der Waals surface area contributed by atoms with Crippen LogP contribution in [0.2, 0.25) is 0 Å². The molecule has 7 nitrogen and oxygen atoms in total. The zero-order valence-electron chi connectivity index (χ0n) is 16.3. The minimum Gasteiger partial charge on any atom is -0.495 e. The van der Waals surface area contributed by atoms with Crippen molar-refractivity contribution in [2.45, 2.75) is 25.7 Å². The van der Waals surface area contributed by atoms with Gasteiger partial charge in [-0.3, -0.25) is 9.59 Å². The Hall–Kier alpha value is -3.35. The number of benzene rings is 2. The number of carboxylic acid groups (broad SMARTS) is 1. The van der Waals surface area contributed by atoms with Crippen molar-refractivity contribution in [2.24, 2.45) is 0 Å². The van der Waals surface area contributed by atoms with Crippen molar-refractivity contribution in [1.82, 2.24) is 4.90 Å². The van der Waals surface area contributed by atoms with Gasteiger partial charge in [0.1, 0.15) is 5.75 Å². The summed E-state index contributed by atoms with van der Waals surface area (Å²) in [5, 5.41) is 11.8. The Balaban J connectivity index is 1.64. The van der Waals surface area contributed by atoms with E-state index in [-0.39, 0.29) is 23.8 Å². The van der Waals surface area contributed by atoms with Gasteiger partial charge in [0.25, 0.3) is 5.91 Å². The van der Waals surface area contributed by atoms with Crippen LogP contribution in [-0.4, -0.2) is 48.0 Å². The molecule has 7 heteroatoms. The average Bonchev–Trinajstić information content (AvgIpc) is 3.27. The minimum atomic E-state index is -0.982. The van der Waals surface area contributed by atoms with Crippen LogP contribution in [0.3, 0.4) is 0 Å². The van der Waals surface area contributed by atoms with Crippen LogP contribution in [0, 0.1) is 0 Å². The zero-order chi connectivity index (χ0) is 20.8. The number of anilines is 1. The van der Waals surface area contributed by atoms with E-state index in [1.165, 1.54) is 19.2 Å². The molecule has 0 aromatic heterocycles. The van der Waals surface area contributed by atoms with Gasteiger partial charge in [-0.25, -0.2) is 4.79 Å². The highest BCUT2D eigenvalue weighted by Crippen LogP contribution is 2.27. The first-order chi connectivity index (χ1) is 14.0. The molecule has 2 aromatic rings. The maximum atomic E-state index is 12.6. The number of rotatable bonds is 7. The molecule has 1 saturated heterocycles. The van der Waals surface area contributed by atoms with Crippen LogP contribution >= 0.6 is 0 Å². The fraction of sp³-hybridized carbons (Fsp3) is 0.318. The normalized spacial score (nSPS) is 13.2. The summed E-state index contributed by atoms with van der Waals surface area (Å²) >= 11 is 0. The number of hydrogen-bond acceptors (Lipinski definition) is 4. The number of carbonyl (C=O) groups excluding carboxylic acids is 2. The maximum Gasteiger partial charge on any atom is 0.335 e. The molecular formula is C22H24N2O5. The summed E-state index contributed by atoms with van der Waals surface area (Å²) in [6.07, 6.45) is 2.72. The molecule has 0 radical (unpaired) electrons. The average molecular weight is 396 g/mol. The summed E-state index contributed by atoms with van der Waals surface area (Å²) in [5.74, 6) is -0.748. The van der Waals surface area contributed by atoms with E-state index in [9.17, 15) is 14.4 Å². The Bertz CT molecular complexity index is 902. The van der Waals surface area contributed by atoms with Crippen molar-refractivity contribution in [3.05, 3.63) is 59.2 Å². The van der Waals surface area contributed by atoms with E-state index < -0.39 is 5.97 Å². The maximum absolute atomic E-state index is 12.6. The number of methoxy groups -OCH3 is 1. The van der Waals surface area contributed by atoms with Crippen LogP contribution in [0.4, 0.5) is 5.69 Å². The van der Waals surface area contributed by atoms with E-state index in [2.05, 4.69) is 5.32 Å². The fourth-order valence-electron chi connectivity index (χ4n) is 3.33. The van der Waals surface area contributed by atoms with Crippen LogP contribution in [0.15, 0.2) is 42.5 Å². The third kappa shape index (κ3) is 5.13. The van der Waals surface area contributed by atoms with Gasteiger partial charge in [-0.2, -0.15) is 0 Å². The van der Waals surface area contributed by atoms with Gasteiger partial charge in [-0.1, -0.05) is 12.1 Å². The molecule has 1 fully saturated rings. The van der Waals surface area contributed by atoms with E-state index in [0.717, 1.165) is 31.5 Å². The number of carboxylic acids is 1. The van der Waals surface area contributed by atoms with Gasteiger partial charge in [-0.15, -0.1) is 0 Å².